The Morgan fingerprint density at radius 3 is 2.48 bits per heavy atom. The van der Waals surface area contributed by atoms with E-state index in [1.165, 1.54) is 7.11 Å². The molecule has 3 N–H and O–H groups in total. The Bertz CT molecular complexity index is 817. The smallest absolute Gasteiger partial charge is 0.336 e. The second kappa shape index (κ2) is 11.0. The second-order valence-corrected chi connectivity index (χ2v) is 7.23. The van der Waals surface area contributed by atoms with Crippen LogP contribution in [-0.4, -0.2) is 32.2 Å². The maximum atomic E-state index is 13.0. The SMILES string of the molecule is CCOC(=O)C1=C(CCCCCN)NC(C)=C(C(=O)OC)C1c1ccccc1Cl. The first-order chi connectivity index (χ1) is 14.0. The van der Waals surface area contributed by atoms with Gasteiger partial charge in [-0.05, 0) is 51.3 Å². The van der Waals surface area contributed by atoms with Gasteiger partial charge in [0.05, 0.1) is 30.8 Å². The number of methoxy groups -OCH3 is 1. The average Bonchev–Trinajstić information content (AvgIpc) is 2.70. The largest absolute Gasteiger partial charge is 0.466 e. The minimum Gasteiger partial charge on any atom is -0.466 e. The fraction of sp³-hybridized carbons (Fsp3) is 0.455. The molecule has 0 aliphatic carbocycles. The van der Waals surface area contributed by atoms with Crippen LogP contribution in [0.4, 0.5) is 0 Å². The molecule has 0 fully saturated rings. The van der Waals surface area contributed by atoms with E-state index in [2.05, 4.69) is 5.32 Å². The van der Waals surface area contributed by atoms with Crippen molar-refractivity contribution >= 4 is 23.5 Å². The average molecular weight is 421 g/mol. The maximum Gasteiger partial charge on any atom is 0.336 e. The van der Waals surface area contributed by atoms with E-state index in [0.717, 1.165) is 25.0 Å². The number of nitrogens with one attached hydrogen (secondary N) is 1. The molecule has 0 aromatic heterocycles. The summed E-state index contributed by atoms with van der Waals surface area (Å²) in [5, 5.41) is 3.72. The van der Waals surface area contributed by atoms with Crippen LogP contribution in [0.3, 0.4) is 0 Å². The summed E-state index contributed by atoms with van der Waals surface area (Å²) >= 11 is 6.48. The summed E-state index contributed by atoms with van der Waals surface area (Å²) in [7, 11) is 1.32. The molecule has 0 bridgehead atoms. The minimum atomic E-state index is -0.666. The van der Waals surface area contributed by atoms with Gasteiger partial charge in [-0.25, -0.2) is 9.59 Å². The molecule has 7 heteroatoms. The molecule has 0 spiro atoms. The van der Waals surface area contributed by atoms with Gasteiger partial charge >= 0.3 is 11.9 Å². The predicted molar refractivity (Wildman–Crippen MR) is 113 cm³/mol. The van der Waals surface area contributed by atoms with Gasteiger partial charge in [0.1, 0.15) is 0 Å². The third kappa shape index (κ3) is 5.40. The standard InChI is InChI=1S/C22H29ClN2O4/c1-4-29-22(27)20-17(12-6-5-9-13-24)25-14(2)18(21(26)28-3)19(20)15-10-7-8-11-16(15)23/h7-8,10-11,19,25H,4-6,9,12-13,24H2,1-3H3. The summed E-state index contributed by atoms with van der Waals surface area (Å²) in [6.07, 6.45) is 3.36. The van der Waals surface area contributed by atoms with Gasteiger partial charge in [-0.1, -0.05) is 36.2 Å². The van der Waals surface area contributed by atoms with Crippen molar-refractivity contribution in [2.75, 3.05) is 20.3 Å². The van der Waals surface area contributed by atoms with E-state index >= 15 is 0 Å². The molecule has 1 unspecified atom stereocenters. The highest BCUT2D eigenvalue weighted by Crippen LogP contribution is 2.42. The van der Waals surface area contributed by atoms with E-state index in [4.69, 9.17) is 26.8 Å². The van der Waals surface area contributed by atoms with Crippen LogP contribution in [0.25, 0.3) is 0 Å². The van der Waals surface area contributed by atoms with Crippen LogP contribution in [-0.2, 0) is 19.1 Å². The summed E-state index contributed by atoms with van der Waals surface area (Å²) in [4.78, 5) is 25.7. The lowest BCUT2D eigenvalue weighted by molar-refractivity contribution is -0.139. The lowest BCUT2D eigenvalue weighted by Gasteiger charge is -2.32. The molecule has 0 radical (unpaired) electrons. The zero-order valence-corrected chi connectivity index (χ0v) is 18.0. The number of dihydropyridines is 1. The molecule has 29 heavy (non-hydrogen) atoms. The Labute approximate surface area is 177 Å². The van der Waals surface area contributed by atoms with Gasteiger partial charge < -0.3 is 20.5 Å². The van der Waals surface area contributed by atoms with Crippen molar-refractivity contribution in [3.63, 3.8) is 0 Å². The Hall–Kier alpha value is -2.31. The summed E-state index contributed by atoms with van der Waals surface area (Å²) in [5.41, 5.74) is 8.40. The molecule has 1 aliphatic rings. The van der Waals surface area contributed by atoms with E-state index in [9.17, 15) is 9.59 Å². The number of esters is 2. The fourth-order valence-corrected chi connectivity index (χ4v) is 3.81. The molecule has 1 atom stereocenters. The molecule has 1 aliphatic heterocycles. The van der Waals surface area contributed by atoms with E-state index in [0.29, 0.717) is 40.4 Å². The second-order valence-electron chi connectivity index (χ2n) is 6.82. The maximum absolute atomic E-state index is 13.0. The lowest BCUT2D eigenvalue weighted by atomic mass is 9.79. The molecular weight excluding hydrogens is 392 g/mol. The number of rotatable bonds is 9. The number of halogens is 1. The number of nitrogens with two attached hydrogens (primary N) is 1. The van der Waals surface area contributed by atoms with Gasteiger partial charge in [0.25, 0.3) is 0 Å². The van der Waals surface area contributed by atoms with Crippen LogP contribution < -0.4 is 11.1 Å². The van der Waals surface area contributed by atoms with Gasteiger partial charge in [-0.3, -0.25) is 0 Å². The molecule has 2 rings (SSSR count). The van der Waals surface area contributed by atoms with E-state index < -0.39 is 17.9 Å². The molecule has 0 amide bonds. The van der Waals surface area contributed by atoms with Gasteiger partial charge in [0.2, 0.25) is 0 Å². The van der Waals surface area contributed by atoms with Crippen molar-refractivity contribution < 1.29 is 19.1 Å². The molecular formula is C22H29ClN2O4. The third-order valence-electron chi connectivity index (χ3n) is 4.89. The molecule has 0 saturated carbocycles. The quantitative estimate of drug-likeness (QED) is 0.466. The van der Waals surface area contributed by atoms with Crippen molar-refractivity contribution in [2.45, 2.75) is 45.4 Å². The highest BCUT2D eigenvalue weighted by Gasteiger charge is 2.39. The Balaban J connectivity index is 2.62. The van der Waals surface area contributed by atoms with Crippen molar-refractivity contribution in [2.24, 2.45) is 5.73 Å². The fourth-order valence-electron chi connectivity index (χ4n) is 3.57. The number of ether oxygens (including phenoxy) is 2. The van der Waals surface area contributed by atoms with Gasteiger partial charge in [-0.15, -0.1) is 0 Å². The number of benzene rings is 1. The monoisotopic (exact) mass is 420 g/mol. The Morgan fingerprint density at radius 2 is 1.86 bits per heavy atom. The van der Waals surface area contributed by atoms with Gasteiger partial charge in [-0.2, -0.15) is 0 Å². The number of unbranched alkanes of at least 4 members (excludes halogenated alkanes) is 2. The van der Waals surface area contributed by atoms with E-state index in [-0.39, 0.29) is 6.61 Å². The van der Waals surface area contributed by atoms with Crippen LogP contribution in [0.1, 0.15) is 51.0 Å². The van der Waals surface area contributed by atoms with Crippen LogP contribution >= 0.6 is 11.6 Å². The van der Waals surface area contributed by atoms with Crippen molar-refractivity contribution in [3.8, 4) is 0 Å². The predicted octanol–water partition coefficient (Wildman–Crippen LogP) is 3.81. The highest BCUT2D eigenvalue weighted by molar-refractivity contribution is 6.31. The molecule has 1 aromatic rings. The first-order valence-electron chi connectivity index (χ1n) is 9.86. The lowest BCUT2D eigenvalue weighted by Crippen LogP contribution is -2.33. The topological polar surface area (TPSA) is 90.6 Å². The van der Waals surface area contributed by atoms with Crippen LogP contribution in [0.5, 0.6) is 0 Å². The number of hydrogen-bond donors (Lipinski definition) is 2. The number of hydrogen-bond acceptors (Lipinski definition) is 6. The third-order valence-corrected chi connectivity index (χ3v) is 5.24. The molecule has 1 heterocycles. The molecule has 1 aromatic carbocycles. The first kappa shape index (κ1) is 23.0. The summed E-state index contributed by atoms with van der Waals surface area (Å²) in [6, 6.07) is 7.20. The van der Waals surface area contributed by atoms with Crippen molar-refractivity contribution in [3.05, 3.63) is 57.4 Å². The first-order valence-corrected chi connectivity index (χ1v) is 10.2. The zero-order chi connectivity index (χ0) is 21.4. The molecule has 6 nitrogen and oxygen atoms in total. The van der Waals surface area contributed by atoms with Gasteiger partial charge in [0.15, 0.2) is 0 Å². The van der Waals surface area contributed by atoms with Crippen molar-refractivity contribution in [1.29, 1.82) is 0 Å². The summed E-state index contributed by atoms with van der Waals surface area (Å²) in [5.74, 6) is -1.64. The van der Waals surface area contributed by atoms with E-state index in [1.807, 2.05) is 18.2 Å². The summed E-state index contributed by atoms with van der Waals surface area (Å²) < 4.78 is 10.4. The van der Waals surface area contributed by atoms with Crippen molar-refractivity contribution in [1.82, 2.24) is 5.32 Å². The Kier molecular flexibility index (Phi) is 8.73. The van der Waals surface area contributed by atoms with Crippen LogP contribution in [0.2, 0.25) is 5.02 Å². The molecule has 158 valence electrons. The number of carbonyl (C=O) groups is 2. The van der Waals surface area contributed by atoms with E-state index in [1.54, 1.807) is 19.9 Å². The van der Waals surface area contributed by atoms with Crippen LogP contribution in [0, 0.1) is 0 Å². The zero-order valence-electron chi connectivity index (χ0n) is 17.2. The summed E-state index contributed by atoms with van der Waals surface area (Å²) in [6.45, 7) is 4.42. The van der Waals surface area contributed by atoms with Crippen LogP contribution in [0.15, 0.2) is 46.8 Å². The van der Waals surface area contributed by atoms with Gasteiger partial charge in [0, 0.05) is 16.4 Å². The normalized spacial score (nSPS) is 16.5. The minimum absolute atomic E-state index is 0.230. The molecule has 0 saturated heterocycles. The number of allylic oxidation sites excluding steroid dienone is 2. The number of carbonyl (C=O) groups excluding carboxylic acids is 2. The Morgan fingerprint density at radius 1 is 1.14 bits per heavy atom. The highest BCUT2D eigenvalue weighted by atomic mass is 35.5.